The first-order valence-electron chi connectivity index (χ1n) is 9.95. The van der Waals surface area contributed by atoms with Gasteiger partial charge in [-0.05, 0) is 45.1 Å². The van der Waals surface area contributed by atoms with Gasteiger partial charge in [0.15, 0.2) is 0 Å². The van der Waals surface area contributed by atoms with E-state index in [9.17, 15) is 0 Å². The second kappa shape index (κ2) is 7.36. The Bertz CT molecular complexity index is 1100. The predicted octanol–water partition coefficient (Wildman–Crippen LogP) is 6.68. The van der Waals surface area contributed by atoms with Crippen LogP contribution in [0.15, 0.2) is 76.8 Å². The van der Waals surface area contributed by atoms with Gasteiger partial charge in [-0.1, -0.05) is 60.2 Å². The summed E-state index contributed by atoms with van der Waals surface area (Å²) in [7, 11) is -1.33. The normalized spacial score (nSPS) is 17.8. The molecule has 0 saturated heterocycles. The topological polar surface area (TPSA) is 0 Å². The highest BCUT2D eigenvalue weighted by Gasteiger charge is 2.58. The summed E-state index contributed by atoms with van der Waals surface area (Å²) in [6.07, 6.45) is 1.21. The van der Waals surface area contributed by atoms with Gasteiger partial charge in [0.1, 0.15) is 0 Å². The van der Waals surface area contributed by atoms with Crippen LogP contribution in [0.1, 0.15) is 16.0 Å². The van der Waals surface area contributed by atoms with Crippen LogP contribution in [0, 0.1) is 6.92 Å². The molecular formula is C24H24BPS3. The minimum atomic E-state index is -1.33. The molecule has 1 aliphatic heterocycles. The summed E-state index contributed by atoms with van der Waals surface area (Å²) in [6, 6.07) is 23.1. The second-order valence-corrected chi connectivity index (χ2v) is 16.1. The third-order valence-electron chi connectivity index (χ3n) is 6.45. The van der Waals surface area contributed by atoms with E-state index in [1.54, 1.807) is 20.6 Å². The van der Waals surface area contributed by atoms with E-state index in [1.165, 1.54) is 22.2 Å². The lowest BCUT2D eigenvalue weighted by Crippen LogP contribution is -2.57. The van der Waals surface area contributed by atoms with Gasteiger partial charge in [0, 0.05) is 19.5 Å². The van der Waals surface area contributed by atoms with Crippen molar-refractivity contribution in [2.45, 2.75) is 6.92 Å². The molecule has 0 saturated carbocycles. The van der Waals surface area contributed by atoms with Crippen molar-refractivity contribution in [2.24, 2.45) is 0 Å². The fourth-order valence-electron chi connectivity index (χ4n) is 5.19. The first-order chi connectivity index (χ1) is 14.0. The fourth-order valence-corrected chi connectivity index (χ4v) is 14.1. The monoisotopic (exact) mass is 450 g/mol. The zero-order valence-corrected chi connectivity index (χ0v) is 20.3. The van der Waals surface area contributed by atoms with Gasteiger partial charge in [0.05, 0.1) is 0 Å². The number of thiophene rings is 3. The van der Waals surface area contributed by atoms with E-state index < -0.39 is 13.0 Å². The van der Waals surface area contributed by atoms with E-state index in [4.69, 9.17) is 0 Å². The molecular weight excluding hydrogens is 426 g/mol. The summed E-state index contributed by atoms with van der Waals surface area (Å²) in [4.78, 5) is 1.45. The van der Waals surface area contributed by atoms with Crippen LogP contribution in [0.2, 0.25) is 0 Å². The molecule has 1 aromatic carbocycles. The van der Waals surface area contributed by atoms with Gasteiger partial charge >= 0.3 is 0 Å². The molecule has 0 amide bonds. The highest BCUT2D eigenvalue weighted by molar-refractivity contribution is 8.16. The van der Waals surface area contributed by atoms with Crippen molar-refractivity contribution in [1.29, 1.82) is 0 Å². The van der Waals surface area contributed by atoms with Crippen LogP contribution >= 0.6 is 41.2 Å². The Labute approximate surface area is 186 Å². The van der Waals surface area contributed by atoms with E-state index in [0.29, 0.717) is 0 Å². The zero-order valence-electron chi connectivity index (χ0n) is 17.0. The maximum Gasteiger partial charge on any atom is 0.266 e. The summed E-state index contributed by atoms with van der Waals surface area (Å²) in [6.45, 7) is 7.37. The number of benzene rings is 1. The number of rotatable bonds is 4. The van der Waals surface area contributed by atoms with Crippen LogP contribution in [0.3, 0.4) is 0 Å². The predicted molar refractivity (Wildman–Crippen MR) is 140 cm³/mol. The van der Waals surface area contributed by atoms with Crippen molar-refractivity contribution in [3.8, 4) is 0 Å². The molecule has 0 atom stereocenters. The highest BCUT2D eigenvalue weighted by atomic mass is 32.1. The quantitative estimate of drug-likeness (QED) is 0.240. The Hall–Kier alpha value is -1.45. The van der Waals surface area contributed by atoms with E-state index in [2.05, 4.69) is 97.1 Å². The molecule has 0 unspecified atom stereocenters. The smallest absolute Gasteiger partial charge is 0.187 e. The molecule has 0 N–H and O–H groups in total. The molecule has 4 heterocycles. The molecule has 0 radical (unpaired) electrons. The number of allylic oxidation sites excluding steroid dienone is 1. The zero-order chi connectivity index (χ0) is 20.1. The van der Waals surface area contributed by atoms with E-state index in [1.807, 2.05) is 34.0 Å². The largest absolute Gasteiger partial charge is 0.266 e. The van der Waals surface area contributed by atoms with Gasteiger partial charge in [0.2, 0.25) is 0 Å². The van der Waals surface area contributed by atoms with Crippen LogP contribution < -0.4 is 9.55 Å². The minimum Gasteiger partial charge on any atom is -0.187 e. The van der Waals surface area contributed by atoms with Gasteiger partial charge in [-0.3, -0.25) is 0 Å². The molecule has 5 heteroatoms. The number of hydrogen-bond acceptors (Lipinski definition) is 3. The molecule has 1 aliphatic rings. The fraction of sp³-hybridized carbons (Fsp3) is 0.167. The third-order valence-corrected chi connectivity index (χ3v) is 13.9. The standard InChI is InChI=1S/C24H24BPS3/c1-18-10-12-19(13-11-18)20-17-26(2,3)25(22-8-5-15-28-22,23-9-6-16-29-23)24(20)21-7-4-14-27-21/h4-16H,17H2,1-3H3. The van der Waals surface area contributed by atoms with Gasteiger partial charge in [0.25, 0.3) is 5.87 Å². The Morgan fingerprint density at radius 3 is 1.86 bits per heavy atom. The van der Waals surface area contributed by atoms with Crippen LogP contribution in [0.5, 0.6) is 0 Å². The Morgan fingerprint density at radius 2 is 1.34 bits per heavy atom. The maximum absolute atomic E-state index is 2.60. The van der Waals surface area contributed by atoms with E-state index in [-0.39, 0.29) is 0 Å². The van der Waals surface area contributed by atoms with Crippen LogP contribution in [0.25, 0.3) is 11.0 Å². The second-order valence-electron chi connectivity index (χ2n) is 8.52. The lowest BCUT2D eigenvalue weighted by Gasteiger charge is -2.43. The molecule has 0 spiro atoms. The third kappa shape index (κ3) is 2.96. The highest BCUT2D eigenvalue weighted by Crippen LogP contribution is 2.71. The molecule has 0 aliphatic carbocycles. The number of hydrogen-bond donors (Lipinski definition) is 0. The molecule has 3 aromatic heterocycles. The molecule has 0 bridgehead atoms. The van der Waals surface area contributed by atoms with E-state index in [0.717, 1.165) is 0 Å². The van der Waals surface area contributed by atoms with Gasteiger partial charge < -0.3 is 0 Å². The van der Waals surface area contributed by atoms with Crippen molar-refractivity contribution in [2.75, 3.05) is 19.5 Å². The van der Waals surface area contributed by atoms with Crippen molar-refractivity contribution >= 4 is 67.6 Å². The van der Waals surface area contributed by atoms with Crippen LogP contribution in [-0.4, -0.2) is 25.4 Å². The molecule has 0 nitrogen and oxygen atoms in total. The Morgan fingerprint density at radius 1 is 0.759 bits per heavy atom. The first-order valence-corrected chi connectivity index (χ1v) is 15.5. The maximum atomic E-state index is 2.60. The minimum absolute atomic E-state index is 0.936. The molecule has 0 fully saturated rings. The Kier molecular flexibility index (Phi) is 4.95. The van der Waals surface area contributed by atoms with Crippen molar-refractivity contribution < 1.29 is 0 Å². The van der Waals surface area contributed by atoms with Crippen LogP contribution in [0.4, 0.5) is 0 Å². The van der Waals surface area contributed by atoms with Gasteiger partial charge in [-0.2, -0.15) is 22.7 Å². The summed E-state index contributed by atoms with van der Waals surface area (Å²) >= 11 is 5.81. The summed E-state index contributed by atoms with van der Waals surface area (Å²) < 4.78 is 3.13. The summed E-state index contributed by atoms with van der Waals surface area (Å²) in [5.74, 6) is -0.936. The molecule has 4 aromatic rings. The summed E-state index contributed by atoms with van der Waals surface area (Å²) in [5, 5.41) is 6.77. The van der Waals surface area contributed by atoms with Crippen molar-refractivity contribution in [1.82, 2.24) is 0 Å². The molecule has 146 valence electrons. The SMILES string of the molecule is Cc1ccc(C2=C(c3cccs3)[B-](c3cccs3)(c3cccs3)[P+](C)(C)C2)cc1. The molecule has 5 rings (SSSR count). The van der Waals surface area contributed by atoms with Crippen LogP contribution in [-0.2, 0) is 0 Å². The average molecular weight is 450 g/mol. The lowest BCUT2D eigenvalue weighted by atomic mass is 9.38. The lowest BCUT2D eigenvalue weighted by molar-refractivity contribution is 1.45. The Balaban J connectivity index is 1.90. The number of aryl methyl sites for hydroxylation is 1. The van der Waals surface area contributed by atoms with Gasteiger partial charge in [-0.25, -0.2) is 0 Å². The van der Waals surface area contributed by atoms with Gasteiger partial charge in [-0.15, -0.1) is 33.5 Å². The van der Waals surface area contributed by atoms with E-state index >= 15 is 0 Å². The summed E-state index contributed by atoms with van der Waals surface area (Å²) in [5.41, 5.74) is 5.93. The average Bonchev–Trinajstić information content (AvgIpc) is 3.49. The molecule has 29 heavy (non-hydrogen) atoms. The van der Waals surface area contributed by atoms with Crippen molar-refractivity contribution in [3.05, 3.63) is 92.8 Å². The first kappa shape index (κ1) is 19.5. The van der Waals surface area contributed by atoms with Crippen molar-refractivity contribution in [3.63, 3.8) is 0 Å².